The monoisotopic (exact) mass is 746 g/mol. The van der Waals surface area contributed by atoms with Crippen molar-refractivity contribution in [3.63, 3.8) is 0 Å². The summed E-state index contributed by atoms with van der Waals surface area (Å²) >= 11 is 0. The predicted octanol–water partition coefficient (Wildman–Crippen LogP) is 12.9. The largest absolute Gasteiger partial charge is 0.466 e. The zero-order chi connectivity index (χ0) is 38.7. The van der Waals surface area contributed by atoms with Crippen molar-refractivity contribution >= 4 is 11.9 Å². The van der Waals surface area contributed by atoms with Gasteiger partial charge in [0.05, 0.1) is 25.4 Å². The molecule has 1 amide bonds. The van der Waals surface area contributed by atoms with Crippen molar-refractivity contribution in [2.75, 3.05) is 13.2 Å². The van der Waals surface area contributed by atoms with Gasteiger partial charge in [-0.1, -0.05) is 172 Å². The fraction of sp³-hybridized carbons (Fsp3) is 0.830. The van der Waals surface area contributed by atoms with Crippen molar-refractivity contribution in [2.45, 2.75) is 238 Å². The number of amides is 1. The van der Waals surface area contributed by atoms with Crippen molar-refractivity contribution in [3.05, 3.63) is 36.5 Å². The Morgan fingerprint density at radius 3 is 1.51 bits per heavy atom. The number of hydrogen-bond donors (Lipinski definition) is 3. The summed E-state index contributed by atoms with van der Waals surface area (Å²) in [5, 5.41) is 23.0. The molecule has 0 aliphatic heterocycles. The molecule has 0 radical (unpaired) electrons. The summed E-state index contributed by atoms with van der Waals surface area (Å²) in [5.74, 6) is -0.150. The highest BCUT2D eigenvalue weighted by Crippen LogP contribution is 2.14. The zero-order valence-electron chi connectivity index (χ0n) is 35.0. The minimum absolute atomic E-state index is 0.0504. The van der Waals surface area contributed by atoms with Gasteiger partial charge in [0.2, 0.25) is 5.91 Å². The molecule has 310 valence electrons. The summed E-state index contributed by atoms with van der Waals surface area (Å²) in [5.41, 5.74) is 0. The Bertz CT molecular complexity index is 869. The second-order valence-corrected chi connectivity index (χ2v) is 15.4. The van der Waals surface area contributed by atoms with Crippen LogP contribution in [-0.4, -0.2) is 47.4 Å². The maximum Gasteiger partial charge on any atom is 0.305 e. The third kappa shape index (κ3) is 39.6. The molecule has 2 atom stereocenters. The Morgan fingerprint density at radius 2 is 0.962 bits per heavy atom. The van der Waals surface area contributed by atoms with Crippen LogP contribution >= 0.6 is 0 Å². The van der Waals surface area contributed by atoms with Gasteiger partial charge in [0.1, 0.15) is 0 Å². The number of ether oxygens (including phenoxy) is 1. The van der Waals surface area contributed by atoms with Gasteiger partial charge in [-0.15, -0.1) is 0 Å². The lowest BCUT2D eigenvalue weighted by Crippen LogP contribution is -2.45. The van der Waals surface area contributed by atoms with E-state index in [0.29, 0.717) is 25.9 Å². The summed E-state index contributed by atoms with van der Waals surface area (Å²) in [4.78, 5) is 24.4. The lowest BCUT2D eigenvalue weighted by Gasteiger charge is -2.22. The van der Waals surface area contributed by atoms with Crippen LogP contribution in [0.4, 0.5) is 0 Å². The number of rotatable bonds is 41. The van der Waals surface area contributed by atoms with Gasteiger partial charge in [-0.05, 0) is 77.0 Å². The molecule has 0 fully saturated rings. The molecule has 0 heterocycles. The standard InChI is InChI=1S/C47H87NO5/c1-3-5-7-9-11-13-15-16-17-18-19-21-25-29-33-37-41-47(52)53-42-38-34-30-26-22-24-28-32-36-40-46(51)48-44(43-49)45(50)39-35-31-27-23-20-14-12-10-8-6-4-2/h13,15,17-18,24,28,44-45,49-50H,3-12,14,16,19-23,25-27,29-43H2,1-2H3,(H,48,51)/b15-13-,18-17-,28-24-. The summed E-state index contributed by atoms with van der Waals surface area (Å²) < 4.78 is 5.42. The highest BCUT2D eigenvalue weighted by Gasteiger charge is 2.19. The van der Waals surface area contributed by atoms with Crippen molar-refractivity contribution in [1.82, 2.24) is 5.32 Å². The van der Waals surface area contributed by atoms with Crippen LogP contribution < -0.4 is 5.32 Å². The smallest absolute Gasteiger partial charge is 0.305 e. The molecule has 0 spiro atoms. The van der Waals surface area contributed by atoms with E-state index in [9.17, 15) is 19.8 Å². The first-order valence-corrected chi connectivity index (χ1v) is 22.7. The number of aliphatic hydroxyl groups is 2. The number of esters is 1. The van der Waals surface area contributed by atoms with Gasteiger partial charge in [-0.2, -0.15) is 0 Å². The van der Waals surface area contributed by atoms with Crippen molar-refractivity contribution in [1.29, 1.82) is 0 Å². The molecule has 0 rings (SSSR count). The fourth-order valence-corrected chi connectivity index (χ4v) is 6.61. The highest BCUT2D eigenvalue weighted by molar-refractivity contribution is 5.76. The average Bonchev–Trinajstić information content (AvgIpc) is 3.16. The van der Waals surface area contributed by atoms with Crippen LogP contribution in [0.2, 0.25) is 0 Å². The van der Waals surface area contributed by atoms with Crippen molar-refractivity contribution in [2.24, 2.45) is 0 Å². The van der Waals surface area contributed by atoms with E-state index >= 15 is 0 Å². The third-order valence-corrected chi connectivity index (χ3v) is 10.2. The summed E-state index contributed by atoms with van der Waals surface area (Å²) in [7, 11) is 0. The molecule has 3 N–H and O–H groups in total. The van der Waals surface area contributed by atoms with Crippen LogP contribution in [0.25, 0.3) is 0 Å². The minimum atomic E-state index is -0.694. The lowest BCUT2D eigenvalue weighted by atomic mass is 10.0. The van der Waals surface area contributed by atoms with Gasteiger partial charge in [0, 0.05) is 12.8 Å². The molecule has 6 heteroatoms. The third-order valence-electron chi connectivity index (χ3n) is 10.2. The van der Waals surface area contributed by atoms with Gasteiger partial charge in [-0.25, -0.2) is 0 Å². The van der Waals surface area contributed by atoms with E-state index in [4.69, 9.17) is 4.74 Å². The van der Waals surface area contributed by atoms with Gasteiger partial charge in [0.25, 0.3) is 0 Å². The normalized spacial score (nSPS) is 13.1. The first kappa shape index (κ1) is 51.1. The highest BCUT2D eigenvalue weighted by atomic mass is 16.5. The van der Waals surface area contributed by atoms with Crippen LogP contribution in [0.15, 0.2) is 36.5 Å². The minimum Gasteiger partial charge on any atom is -0.466 e. The van der Waals surface area contributed by atoms with Crippen LogP contribution in [0, 0.1) is 0 Å². The molecular weight excluding hydrogens is 659 g/mol. The summed E-state index contributed by atoms with van der Waals surface area (Å²) in [6.45, 7) is 4.81. The predicted molar refractivity (Wildman–Crippen MR) is 227 cm³/mol. The molecular formula is C47H87NO5. The van der Waals surface area contributed by atoms with Crippen LogP contribution in [0.5, 0.6) is 0 Å². The van der Waals surface area contributed by atoms with E-state index in [-0.39, 0.29) is 18.5 Å². The van der Waals surface area contributed by atoms with E-state index in [2.05, 4.69) is 55.6 Å². The molecule has 0 aromatic carbocycles. The summed E-state index contributed by atoms with van der Waals surface area (Å²) in [6, 6.07) is -0.579. The van der Waals surface area contributed by atoms with Gasteiger partial charge < -0.3 is 20.3 Å². The number of hydrogen-bond acceptors (Lipinski definition) is 5. The molecule has 0 saturated carbocycles. The van der Waals surface area contributed by atoms with Crippen molar-refractivity contribution in [3.8, 4) is 0 Å². The maximum atomic E-state index is 12.4. The number of carbonyl (C=O) groups is 2. The van der Waals surface area contributed by atoms with E-state index in [1.807, 2.05) is 0 Å². The molecule has 0 bridgehead atoms. The topological polar surface area (TPSA) is 95.9 Å². The van der Waals surface area contributed by atoms with E-state index in [1.165, 1.54) is 109 Å². The molecule has 0 aromatic rings. The number of nitrogens with one attached hydrogen (secondary N) is 1. The van der Waals surface area contributed by atoms with E-state index in [0.717, 1.165) is 83.5 Å². The Morgan fingerprint density at radius 1 is 0.528 bits per heavy atom. The molecule has 2 unspecified atom stereocenters. The van der Waals surface area contributed by atoms with Gasteiger partial charge >= 0.3 is 5.97 Å². The second kappa shape index (κ2) is 42.8. The molecule has 0 aliphatic rings. The molecule has 0 saturated heterocycles. The molecule has 0 aliphatic carbocycles. The van der Waals surface area contributed by atoms with Crippen LogP contribution in [0.3, 0.4) is 0 Å². The van der Waals surface area contributed by atoms with Gasteiger partial charge in [0.15, 0.2) is 0 Å². The molecule has 53 heavy (non-hydrogen) atoms. The average molecular weight is 746 g/mol. The Kier molecular flexibility index (Phi) is 41.3. The number of aliphatic hydroxyl groups excluding tert-OH is 2. The number of allylic oxidation sites excluding steroid dienone is 6. The molecule has 6 nitrogen and oxygen atoms in total. The van der Waals surface area contributed by atoms with Crippen LogP contribution in [-0.2, 0) is 14.3 Å². The Balaban J connectivity index is 3.57. The molecule has 0 aromatic heterocycles. The fourth-order valence-electron chi connectivity index (χ4n) is 6.61. The van der Waals surface area contributed by atoms with Gasteiger partial charge in [-0.3, -0.25) is 9.59 Å². The number of carbonyl (C=O) groups excluding carboxylic acids is 2. The van der Waals surface area contributed by atoms with E-state index in [1.54, 1.807) is 0 Å². The zero-order valence-corrected chi connectivity index (χ0v) is 35.0. The van der Waals surface area contributed by atoms with E-state index < -0.39 is 12.1 Å². The summed E-state index contributed by atoms with van der Waals surface area (Å²) in [6.07, 6.45) is 49.6. The first-order valence-electron chi connectivity index (χ1n) is 22.7. The Hall–Kier alpha value is -1.92. The SMILES string of the molecule is CCCCCC/C=C\C/C=C\CCCCCCCC(=O)OCCCCCC/C=C\CCCC(=O)NC(CO)C(O)CCCCCCCCCCCCC. The number of unbranched alkanes of at least 4 members (excludes halogenated alkanes) is 24. The van der Waals surface area contributed by atoms with Crippen molar-refractivity contribution < 1.29 is 24.5 Å². The quantitative estimate of drug-likeness (QED) is 0.0329. The van der Waals surface area contributed by atoms with Crippen LogP contribution in [0.1, 0.15) is 226 Å². The maximum absolute atomic E-state index is 12.4. The first-order chi connectivity index (χ1) is 26.0. The second-order valence-electron chi connectivity index (χ2n) is 15.4. The Labute approximate surface area is 328 Å². The lowest BCUT2D eigenvalue weighted by molar-refractivity contribution is -0.143.